The lowest BCUT2D eigenvalue weighted by Crippen LogP contribution is -2.46. The molecule has 0 radical (unpaired) electrons. The van der Waals surface area contributed by atoms with Crippen LogP contribution < -0.4 is 20.9 Å². The lowest BCUT2D eigenvalue weighted by Gasteiger charge is -2.27. The van der Waals surface area contributed by atoms with Crippen LogP contribution in [0.1, 0.15) is 32.8 Å². The van der Waals surface area contributed by atoms with Crippen LogP contribution in [0.4, 0.5) is 21.6 Å². The predicted molar refractivity (Wildman–Crippen MR) is 152 cm³/mol. The third-order valence-electron chi connectivity index (χ3n) is 7.98. The minimum absolute atomic E-state index is 0.00557. The average molecular weight is 556 g/mol. The maximum Gasteiger partial charge on any atom is 0.271 e. The second-order valence-electron chi connectivity index (χ2n) is 10.6. The van der Waals surface area contributed by atoms with Crippen molar-refractivity contribution >= 4 is 34.7 Å². The first-order chi connectivity index (χ1) is 20.0. The number of pyridine rings is 1. The van der Waals surface area contributed by atoms with Gasteiger partial charge in [0.05, 0.1) is 29.2 Å². The number of fused-ring (bicyclic) bond motifs is 2. The van der Waals surface area contributed by atoms with Crippen LogP contribution in [0.3, 0.4) is 0 Å². The van der Waals surface area contributed by atoms with E-state index in [-0.39, 0.29) is 11.6 Å². The molecule has 41 heavy (non-hydrogen) atoms. The van der Waals surface area contributed by atoms with Crippen molar-refractivity contribution in [3.8, 4) is 11.3 Å². The van der Waals surface area contributed by atoms with Gasteiger partial charge in [0.15, 0.2) is 17.2 Å². The summed E-state index contributed by atoms with van der Waals surface area (Å²) in [6, 6.07) is 11.3. The number of carbonyl (C=O) groups is 2. The predicted octanol–water partition coefficient (Wildman–Crippen LogP) is 2.41. The molecule has 4 aromatic rings. The minimum Gasteiger partial charge on any atom is -0.385 e. The van der Waals surface area contributed by atoms with E-state index in [1.807, 2.05) is 35.2 Å². The summed E-state index contributed by atoms with van der Waals surface area (Å²) in [5.74, 6) is 0.263. The highest BCUT2D eigenvalue weighted by Gasteiger charge is 2.39. The van der Waals surface area contributed by atoms with E-state index >= 15 is 0 Å². The van der Waals surface area contributed by atoms with Gasteiger partial charge in [-0.3, -0.25) is 14.6 Å². The Morgan fingerprint density at radius 1 is 1.07 bits per heavy atom. The zero-order chi connectivity index (χ0) is 28.1. The van der Waals surface area contributed by atoms with Gasteiger partial charge in [0.25, 0.3) is 11.8 Å². The molecule has 3 aliphatic rings. The molecule has 2 aliphatic heterocycles. The lowest BCUT2D eigenvalue weighted by molar-refractivity contribution is 0.0735. The minimum atomic E-state index is -0.997. The third-order valence-corrected chi connectivity index (χ3v) is 7.98. The summed E-state index contributed by atoms with van der Waals surface area (Å²) in [7, 11) is 1.80. The number of benzene rings is 1. The van der Waals surface area contributed by atoms with Crippen molar-refractivity contribution in [3.05, 3.63) is 65.6 Å². The maximum atomic E-state index is 13.4. The third kappa shape index (κ3) is 4.53. The van der Waals surface area contributed by atoms with Gasteiger partial charge in [-0.2, -0.15) is 0 Å². The molecule has 5 heterocycles. The van der Waals surface area contributed by atoms with Gasteiger partial charge in [0, 0.05) is 69.7 Å². The largest absolute Gasteiger partial charge is 0.385 e. The molecule has 7 rings (SSSR count). The molecule has 1 saturated heterocycles. The van der Waals surface area contributed by atoms with E-state index in [0.717, 1.165) is 47.7 Å². The van der Waals surface area contributed by atoms with Crippen LogP contribution >= 0.6 is 0 Å². The van der Waals surface area contributed by atoms with Gasteiger partial charge in [-0.25, -0.2) is 13.9 Å². The number of rotatable bonds is 6. The molecule has 0 bridgehead atoms. The summed E-state index contributed by atoms with van der Waals surface area (Å²) in [6.07, 6.45) is 3.25. The molecular formula is C29H30FN9O2. The van der Waals surface area contributed by atoms with E-state index < -0.39 is 18.1 Å². The van der Waals surface area contributed by atoms with Crippen molar-refractivity contribution in [3.63, 3.8) is 0 Å². The monoisotopic (exact) mass is 555 g/mol. The molecule has 1 aromatic carbocycles. The Morgan fingerprint density at radius 3 is 2.63 bits per heavy atom. The molecule has 0 unspecified atom stereocenters. The van der Waals surface area contributed by atoms with Crippen LogP contribution in [0, 0.1) is 0 Å². The van der Waals surface area contributed by atoms with Gasteiger partial charge in [-0.15, -0.1) is 5.10 Å². The highest BCUT2D eigenvalue weighted by Crippen LogP contribution is 2.39. The van der Waals surface area contributed by atoms with E-state index in [0.29, 0.717) is 43.1 Å². The molecule has 3 N–H and O–H groups in total. The first-order valence-corrected chi connectivity index (χ1v) is 13.9. The zero-order valence-electron chi connectivity index (χ0n) is 22.6. The first kappa shape index (κ1) is 25.4. The number of amides is 2. The molecule has 2 amide bonds. The van der Waals surface area contributed by atoms with Gasteiger partial charge < -0.3 is 25.8 Å². The Labute approximate surface area is 235 Å². The van der Waals surface area contributed by atoms with E-state index in [1.54, 1.807) is 13.2 Å². The van der Waals surface area contributed by atoms with Crippen LogP contribution in [-0.4, -0.2) is 88.3 Å². The number of alkyl halides is 1. The van der Waals surface area contributed by atoms with Gasteiger partial charge in [-0.05, 0) is 30.2 Å². The fourth-order valence-electron chi connectivity index (χ4n) is 5.62. The number of hydrogen-bond acceptors (Lipinski definition) is 8. The van der Waals surface area contributed by atoms with E-state index in [9.17, 15) is 14.0 Å². The first-order valence-electron chi connectivity index (χ1n) is 13.9. The van der Waals surface area contributed by atoms with Gasteiger partial charge in [-0.1, -0.05) is 12.1 Å². The van der Waals surface area contributed by atoms with Gasteiger partial charge in [0.2, 0.25) is 0 Å². The van der Waals surface area contributed by atoms with Crippen molar-refractivity contribution in [2.24, 2.45) is 0 Å². The number of nitrogens with zero attached hydrogens (tertiary/aromatic N) is 6. The van der Waals surface area contributed by atoms with Crippen molar-refractivity contribution in [1.82, 2.24) is 35.1 Å². The normalized spacial score (nSPS) is 19.8. The van der Waals surface area contributed by atoms with Crippen molar-refractivity contribution in [1.29, 1.82) is 0 Å². The lowest BCUT2D eigenvalue weighted by atomic mass is 10.0. The molecule has 11 nitrogen and oxygen atoms in total. The van der Waals surface area contributed by atoms with Crippen LogP contribution in [0.2, 0.25) is 0 Å². The number of carbonyl (C=O) groups excluding carboxylic acids is 2. The highest BCUT2D eigenvalue weighted by molar-refractivity contribution is 5.95. The second kappa shape index (κ2) is 10.1. The van der Waals surface area contributed by atoms with Crippen molar-refractivity contribution in [2.45, 2.75) is 25.1 Å². The fraction of sp³-hybridized carbons (Fsp3) is 0.345. The van der Waals surface area contributed by atoms with E-state index in [1.165, 1.54) is 10.7 Å². The van der Waals surface area contributed by atoms with E-state index in [4.69, 9.17) is 5.10 Å². The number of hydrogen-bond donors (Lipinski definition) is 3. The van der Waals surface area contributed by atoms with Crippen LogP contribution in [0.5, 0.6) is 0 Å². The van der Waals surface area contributed by atoms with Crippen molar-refractivity contribution < 1.29 is 14.0 Å². The number of aromatic nitrogens is 4. The summed E-state index contributed by atoms with van der Waals surface area (Å²) in [4.78, 5) is 38.8. The Bertz CT molecular complexity index is 1650. The number of halogens is 1. The van der Waals surface area contributed by atoms with Crippen LogP contribution in [0.15, 0.2) is 48.8 Å². The van der Waals surface area contributed by atoms with Crippen LogP contribution in [0.25, 0.3) is 16.9 Å². The Morgan fingerprint density at radius 2 is 1.90 bits per heavy atom. The zero-order valence-corrected chi connectivity index (χ0v) is 22.6. The molecule has 210 valence electrons. The molecular weight excluding hydrogens is 525 g/mol. The highest BCUT2D eigenvalue weighted by atomic mass is 19.1. The number of anilines is 3. The fourth-order valence-corrected chi connectivity index (χ4v) is 5.62. The Kier molecular flexibility index (Phi) is 6.26. The SMILES string of the molecule is CNc1cc(N2CCc3c(-c4ccc(C(=O)N5CCNCC5)cn4)cccc32)nn2c(C(=O)N[C@@H]3C[C@@H]3F)cnc12. The Hall–Kier alpha value is -4.58. The van der Waals surface area contributed by atoms with Crippen LogP contribution in [-0.2, 0) is 6.42 Å². The van der Waals surface area contributed by atoms with E-state index in [2.05, 4.69) is 36.9 Å². The second-order valence-corrected chi connectivity index (χ2v) is 10.6. The standard InChI is InChI=1S/C29H30FN9O2/c1-31-23-14-26(36-39-25(16-34-27(23)39)28(40)35-22-13-20(22)30)38-10-7-19-18(3-2-4-24(19)38)21-6-5-17(15-33-21)29(41)37-11-8-32-9-12-37/h2-6,14-16,20,22,31-32H,7-13H2,1H3,(H,35,40)/t20-,22+/m0/s1. The Balaban J connectivity index is 1.19. The van der Waals surface area contributed by atoms with Crippen molar-refractivity contribution in [2.75, 3.05) is 50.0 Å². The summed E-state index contributed by atoms with van der Waals surface area (Å²) < 4.78 is 14.9. The summed E-state index contributed by atoms with van der Waals surface area (Å²) in [5.41, 5.74) is 6.04. The quantitative estimate of drug-likeness (QED) is 0.332. The molecule has 1 saturated carbocycles. The smallest absolute Gasteiger partial charge is 0.271 e. The number of imidazole rings is 1. The average Bonchev–Trinajstić information content (AvgIpc) is 3.37. The summed E-state index contributed by atoms with van der Waals surface area (Å²) in [6.45, 7) is 3.69. The molecule has 2 atom stereocenters. The van der Waals surface area contributed by atoms with Gasteiger partial charge >= 0.3 is 0 Å². The molecule has 2 fully saturated rings. The molecule has 0 spiro atoms. The molecule has 12 heteroatoms. The van der Waals surface area contributed by atoms with Gasteiger partial charge in [0.1, 0.15) is 6.17 Å². The molecule has 3 aromatic heterocycles. The topological polar surface area (TPSA) is 120 Å². The number of nitrogens with one attached hydrogen (secondary N) is 3. The number of piperazine rings is 1. The maximum absolute atomic E-state index is 13.4. The summed E-state index contributed by atoms with van der Waals surface area (Å²) >= 11 is 0. The molecule has 1 aliphatic carbocycles. The summed E-state index contributed by atoms with van der Waals surface area (Å²) in [5, 5.41) is 13.9.